The molecule has 0 atom stereocenters. The summed E-state index contributed by atoms with van der Waals surface area (Å²) < 4.78 is 18.8. The number of hydrogen-bond donors (Lipinski definition) is 1. The normalized spacial score (nSPS) is 15.4. The molecule has 1 aliphatic rings. The van der Waals surface area contributed by atoms with Gasteiger partial charge in [0, 0.05) is 29.7 Å². The van der Waals surface area contributed by atoms with Crippen LogP contribution in [0.15, 0.2) is 46.9 Å². The molecule has 7 heteroatoms. The number of halogens is 2. The van der Waals surface area contributed by atoms with E-state index in [0.29, 0.717) is 29.7 Å². The number of piperidine rings is 1. The number of carbonyl (C=O) groups excluding carboxylic acids is 1. The zero-order chi connectivity index (χ0) is 18.1. The summed E-state index contributed by atoms with van der Waals surface area (Å²) >= 11 is 5.99. The van der Waals surface area contributed by atoms with E-state index in [-0.39, 0.29) is 17.8 Å². The number of carbonyl (C=O) groups is 1. The number of nitrogens with one attached hydrogen (secondary N) is 1. The van der Waals surface area contributed by atoms with Crippen molar-refractivity contribution in [3.63, 3.8) is 0 Å². The first-order valence-electron chi connectivity index (χ1n) is 8.46. The second-order valence-corrected chi connectivity index (χ2v) is 6.80. The molecule has 0 radical (unpaired) electrons. The number of hydrogen-bond acceptors (Lipinski definition) is 3. The monoisotopic (exact) mass is 373 g/mol. The van der Waals surface area contributed by atoms with Gasteiger partial charge in [0.2, 0.25) is 0 Å². The fourth-order valence-electron chi connectivity index (χ4n) is 3.16. The van der Waals surface area contributed by atoms with Crippen LogP contribution in [0, 0.1) is 5.82 Å². The SMILES string of the molecule is O=C(Nc1ccc(F)cc1)N1CCC(c2nc3cc(Cl)ccc3o2)CC1. The van der Waals surface area contributed by atoms with Crippen LogP contribution in [0.3, 0.4) is 0 Å². The van der Waals surface area contributed by atoms with Gasteiger partial charge in [-0.2, -0.15) is 0 Å². The van der Waals surface area contributed by atoms with E-state index in [9.17, 15) is 9.18 Å². The Labute approximate surface area is 154 Å². The Balaban J connectivity index is 1.38. The number of nitrogens with zero attached hydrogens (tertiary/aromatic N) is 2. The molecule has 2 heterocycles. The number of benzene rings is 2. The highest BCUT2D eigenvalue weighted by Crippen LogP contribution is 2.31. The minimum absolute atomic E-state index is 0.177. The summed E-state index contributed by atoms with van der Waals surface area (Å²) in [4.78, 5) is 18.6. The molecule has 134 valence electrons. The smallest absolute Gasteiger partial charge is 0.321 e. The van der Waals surface area contributed by atoms with Crippen LogP contribution >= 0.6 is 11.6 Å². The molecular formula is C19H17ClFN3O2. The van der Waals surface area contributed by atoms with Crippen LogP contribution in [0.2, 0.25) is 5.02 Å². The van der Waals surface area contributed by atoms with E-state index in [0.717, 1.165) is 23.9 Å². The molecule has 0 spiro atoms. The van der Waals surface area contributed by atoms with Crippen molar-refractivity contribution in [2.24, 2.45) is 0 Å². The van der Waals surface area contributed by atoms with Crippen molar-refractivity contribution in [3.05, 3.63) is 59.2 Å². The summed E-state index contributed by atoms with van der Waals surface area (Å²) in [5, 5.41) is 3.42. The first-order chi connectivity index (χ1) is 12.6. The average Bonchev–Trinajstić information content (AvgIpc) is 3.07. The second kappa shape index (κ2) is 6.96. The Morgan fingerprint density at radius 1 is 1.19 bits per heavy atom. The van der Waals surface area contributed by atoms with E-state index in [4.69, 9.17) is 16.0 Å². The van der Waals surface area contributed by atoms with Crippen LogP contribution in [0.1, 0.15) is 24.7 Å². The van der Waals surface area contributed by atoms with E-state index in [1.165, 1.54) is 12.1 Å². The van der Waals surface area contributed by atoms with Crippen molar-refractivity contribution in [2.75, 3.05) is 18.4 Å². The number of oxazole rings is 1. The van der Waals surface area contributed by atoms with Gasteiger partial charge in [0.1, 0.15) is 11.3 Å². The lowest BCUT2D eigenvalue weighted by atomic mass is 9.97. The molecule has 1 aromatic heterocycles. The van der Waals surface area contributed by atoms with Crippen molar-refractivity contribution in [1.82, 2.24) is 9.88 Å². The van der Waals surface area contributed by atoms with Gasteiger partial charge < -0.3 is 14.6 Å². The highest BCUT2D eigenvalue weighted by molar-refractivity contribution is 6.31. The molecule has 26 heavy (non-hydrogen) atoms. The molecule has 1 N–H and O–H groups in total. The van der Waals surface area contributed by atoms with Gasteiger partial charge in [-0.25, -0.2) is 14.2 Å². The first kappa shape index (κ1) is 16.8. The number of rotatable bonds is 2. The van der Waals surface area contributed by atoms with Gasteiger partial charge in [-0.3, -0.25) is 0 Å². The summed E-state index contributed by atoms with van der Waals surface area (Å²) in [6, 6.07) is 10.9. The molecule has 5 nitrogen and oxygen atoms in total. The van der Waals surface area contributed by atoms with Gasteiger partial charge in [-0.1, -0.05) is 11.6 Å². The van der Waals surface area contributed by atoms with Crippen LogP contribution in [0.25, 0.3) is 11.1 Å². The molecule has 4 rings (SSSR count). The maximum atomic E-state index is 12.9. The van der Waals surface area contributed by atoms with E-state index in [2.05, 4.69) is 10.3 Å². The van der Waals surface area contributed by atoms with Crippen molar-refractivity contribution in [1.29, 1.82) is 0 Å². The van der Waals surface area contributed by atoms with Crippen LogP contribution in [0.5, 0.6) is 0 Å². The molecule has 0 bridgehead atoms. The minimum Gasteiger partial charge on any atom is -0.440 e. The number of fused-ring (bicyclic) bond motifs is 1. The number of aromatic nitrogens is 1. The maximum Gasteiger partial charge on any atom is 0.321 e. The number of anilines is 1. The Hall–Kier alpha value is -2.60. The Kier molecular flexibility index (Phi) is 4.51. The third-order valence-corrected chi connectivity index (χ3v) is 4.83. The Bertz CT molecular complexity index is 934. The van der Waals surface area contributed by atoms with Gasteiger partial charge >= 0.3 is 6.03 Å². The summed E-state index contributed by atoms with van der Waals surface area (Å²) in [7, 11) is 0. The number of urea groups is 1. The molecule has 1 aliphatic heterocycles. The molecule has 1 saturated heterocycles. The van der Waals surface area contributed by atoms with Crippen LogP contribution < -0.4 is 5.32 Å². The van der Waals surface area contributed by atoms with Gasteiger partial charge in [0.15, 0.2) is 11.5 Å². The van der Waals surface area contributed by atoms with E-state index < -0.39 is 0 Å². The second-order valence-electron chi connectivity index (χ2n) is 6.36. The molecule has 0 aliphatic carbocycles. The lowest BCUT2D eigenvalue weighted by Crippen LogP contribution is -2.40. The van der Waals surface area contributed by atoms with Gasteiger partial charge in [-0.15, -0.1) is 0 Å². The van der Waals surface area contributed by atoms with Crippen LogP contribution in [-0.2, 0) is 0 Å². The van der Waals surface area contributed by atoms with Crippen LogP contribution in [0.4, 0.5) is 14.9 Å². The van der Waals surface area contributed by atoms with Gasteiger partial charge in [0.05, 0.1) is 0 Å². The molecule has 2 amide bonds. The third-order valence-electron chi connectivity index (χ3n) is 4.59. The van der Waals surface area contributed by atoms with Gasteiger partial charge in [-0.05, 0) is 55.3 Å². The topological polar surface area (TPSA) is 58.4 Å². The van der Waals surface area contributed by atoms with Gasteiger partial charge in [0.25, 0.3) is 0 Å². The largest absolute Gasteiger partial charge is 0.440 e. The molecule has 1 fully saturated rings. The van der Waals surface area contributed by atoms with E-state index >= 15 is 0 Å². The summed E-state index contributed by atoms with van der Waals surface area (Å²) in [5.74, 6) is 0.542. The number of amides is 2. The fourth-order valence-corrected chi connectivity index (χ4v) is 3.32. The van der Waals surface area contributed by atoms with Crippen molar-refractivity contribution >= 4 is 34.4 Å². The van der Waals surface area contributed by atoms with Crippen molar-refractivity contribution in [3.8, 4) is 0 Å². The lowest BCUT2D eigenvalue weighted by molar-refractivity contribution is 0.190. The Morgan fingerprint density at radius 3 is 2.65 bits per heavy atom. The minimum atomic E-state index is -0.330. The summed E-state index contributed by atoms with van der Waals surface area (Å²) in [5.41, 5.74) is 2.05. The number of likely N-dealkylation sites (tertiary alicyclic amines) is 1. The molecule has 0 unspecified atom stereocenters. The lowest BCUT2D eigenvalue weighted by Gasteiger charge is -2.30. The third kappa shape index (κ3) is 3.51. The highest BCUT2D eigenvalue weighted by Gasteiger charge is 2.27. The molecule has 3 aromatic rings. The maximum absolute atomic E-state index is 12.9. The zero-order valence-electron chi connectivity index (χ0n) is 13.9. The van der Waals surface area contributed by atoms with Crippen molar-refractivity contribution in [2.45, 2.75) is 18.8 Å². The van der Waals surface area contributed by atoms with E-state index in [1.54, 1.807) is 29.2 Å². The zero-order valence-corrected chi connectivity index (χ0v) is 14.7. The first-order valence-corrected chi connectivity index (χ1v) is 8.84. The average molecular weight is 374 g/mol. The molecule has 0 saturated carbocycles. The van der Waals surface area contributed by atoms with Crippen molar-refractivity contribution < 1.29 is 13.6 Å². The summed E-state index contributed by atoms with van der Waals surface area (Å²) in [6.45, 7) is 1.22. The quantitative estimate of drug-likeness (QED) is 0.685. The van der Waals surface area contributed by atoms with Crippen LogP contribution in [-0.4, -0.2) is 29.0 Å². The Morgan fingerprint density at radius 2 is 1.92 bits per heavy atom. The predicted molar refractivity (Wildman–Crippen MR) is 98.0 cm³/mol. The van der Waals surface area contributed by atoms with E-state index in [1.807, 2.05) is 6.07 Å². The fraction of sp³-hybridized carbons (Fsp3) is 0.263. The predicted octanol–water partition coefficient (Wildman–Crippen LogP) is 5.03. The summed E-state index contributed by atoms with van der Waals surface area (Å²) in [6.07, 6.45) is 1.55. The highest BCUT2D eigenvalue weighted by atomic mass is 35.5. The standard InChI is InChI=1S/C19H17ClFN3O2/c20-13-1-6-17-16(11-13)23-18(26-17)12-7-9-24(10-8-12)19(25)22-15-4-2-14(21)3-5-15/h1-6,11-12H,7-10H2,(H,22,25). The molecule has 2 aromatic carbocycles. The molecular weight excluding hydrogens is 357 g/mol.